The van der Waals surface area contributed by atoms with Crippen LogP contribution in [0.5, 0.6) is 11.5 Å². The number of para-hydroxylation sites is 1. The number of anilines is 1. The lowest BCUT2D eigenvalue weighted by Gasteiger charge is -2.11. The summed E-state index contributed by atoms with van der Waals surface area (Å²) in [4.78, 5) is 12.1. The van der Waals surface area contributed by atoms with E-state index in [1.807, 2.05) is 79.7 Å². The van der Waals surface area contributed by atoms with Crippen LogP contribution in [0.4, 0.5) is 5.69 Å². The molecule has 1 N–H and O–H groups in total. The van der Waals surface area contributed by atoms with Crippen LogP contribution in [0.2, 0.25) is 0 Å². The van der Waals surface area contributed by atoms with Crippen molar-refractivity contribution in [3.8, 4) is 11.5 Å². The molecule has 4 nitrogen and oxygen atoms in total. The van der Waals surface area contributed by atoms with Crippen LogP contribution in [0.15, 0.2) is 78.9 Å². The van der Waals surface area contributed by atoms with Gasteiger partial charge >= 0.3 is 0 Å². The van der Waals surface area contributed by atoms with Crippen LogP contribution in [0.25, 0.3) is 0 Å². The lowest BCUT2D eigenvalue weighted by Crippen LogP contribution is -2.20. The first-order chi connectivity index (χ1) is 12.7. The third-order valence-corrected chi connectivity index (χ3v) is 3.82. The van der Waals surface area contributed by atoms with Crippen molar-refractivity contribution in [1.82, 2.24) is 0 Å². The highest BCUT2D eigenvalue weighted by atomic mass is 16.5. The van der Waals surface area contributed by atoms with Gasteiger partial charge in [0.25, 0.3) is 5.91 Å². The number of hydrogen-bond donors (Lipinski definition) is 1. The first kappa shape index (κ1) is 17.5. The van der Waals surface area contributed by atoms with E-state index in [1.54, 1.807) is 6.07 Å². The average Bonchev–Trinajstić information content (AvgIpc) is 2.67. The normalized spacial score (nSPS) is 10.2. The van der Waals surface area contributed by atoms with E-state index in [-0.39, 0.29) is 12.5 Å². The minimum Gasteiger partial charge on any atom is -0.489 e. The molecular weight excluding hydrogens is 326 g/mol. The molecule has 3 rings (SSSR count). The van der Waals surface area contributed by atoms with Crippen LogP contribution >= 0.6 is 0 Å². The molecular formula is C22H21NO3. The molecule has 3 aromatic rings. The maximum absolute atomic E-state index is 12.1. The van der Waals surface area contributed by atoms with E-state index in [0.717, 1.165) is 11.1 Å². The Hall–Kier alpha value is -3.27. The van der Waals surface area contributed by atoms with Crippen molar-refractivity contribution in [3.05, 3.63) is 90.0 Å². The Balaban J connectivity index is 1.53. The van der Waals surface area contributed by atoms with Crippen molar-refractivity contribution in [1.29, 1.82) is 0 Å². The van der Waals surface area contributed by atoms with Crippen molar-refractivity contribution in [2.75, 3.05) is 11.9 Å². The van der Waals surface area contributed by atoms with Crippen LogP contribution in [0.1, 0.15) is 11.1 Å². The number of carbonyl (C=O) groups excluding carboxylic acids is 1. The lowest BCUT2D eigenvalue weighted by molar-refractivity contribution is -0.118. The third-order valence-electron chi connectivity index (χ3n) is 3.82. The van der Waals surface area contributed by atoms with E-state index in [1.165, 1.54) is 0 Å². The summed E-state index contributed by atoms with van der Waals surface area (Å²) in [7, 11) is 0. The monoisotopic (exact) mass is 347 g/mol. The second kappa shape index (κ2) is 8.72. The Morgan fingerprint density at radius 3 is 2.46 bits per heavy atom. The molecule has 0 aliphatic rings. The van der Waals surface area contributed by atoms with Gasteiger partial charge in [-0.15, -0.1) is 0 Å². The minimum absolute atomic E-state index is 0.0417. The summed E-state index contributed by atoms with van der Waals surface area (Å²) in [6.45, 7) is 2.38. The van der Waals surface area contributed by atoms with E-state index in [9.17, 15) is 4.79 Å². The Bertz CT molecular complexity index is 862. The maximum atomic E-state index is 12.1. The number of carbonyl (C=O) groups is 1. The average molecular weight is 347 g/mol. The van der Waals surface area contributed by atoms with Crippen LogP contribution < -0.4 is 14.8 Å². The molecule has 0 aliphatic heterocycles. The smallest absolute Gasteiger partial charge is 0.262 e. The SMILES string of the molecule is Cc1ccccc1OCC(=O)Nc1cccc(OCc2ccccc2)c1. The molecule has 0 bridgehead atoms. The van der Waals surface area contributed by atoms with Gasteiger partial charge in [0.15, 0.2) is 6.61 Å². The van der Waals surface area contributed by atoms with Gasteiger partial charge in [0, 0.05) is 11.8 Å². The van der Waals surface area contributed by atoms with Gasteiger partial charge < -0.3 is 14.8 Å². The fraction of sp³-hybridized carbons (Fsp3) is 0.136. The minimum atomic E-state index is -0.214. The molecule has 0 radical (unpaired) electrons. The lowest BCUT2D eigenvalue weighted by atomic mass is 10.2. The standard InChI is InChI=1S/C22H21NO3/c1-17-8-5-6-13-21(17)26-16-22(24)23-19-11-7-12-20(14-19)25-15-18-9-3-2-4-10-18/h2-14H,15-16H2,1H3,(H,23,24). The molecule has 0 heterocycles. The first-order valence-corrected chi connectivity index (χ1v) is 8.46. The van der Waals surface area contributed by atoms with E-state index < -0.39 is 0 Å². The number of amides is 1. The van der Waals surface area contributed by atoms with Gasteiger partial charge in [-0.1, -0.05) is 54.6 Å². The molecule has 0 saturated carbocycles. The Morgan fingerprint density at radius 1 is 0.885 bits per heavy atom. The predicted molar refractivity (Wildman–Crippen MR) is 103 cm³/mol. The Morgan fingerprint density at radius 2 is 1.65 bits per heavy atom. The summed E-state index contributed by atoms with van der Waals surface area (Å²) >= 11 is 0. The number of rotatable bonds is 7. The number of ether oxygens (including phenoxy) is 2. The van der Waals surface area contributed by atoms with Crippen molar-refractivity contribution >= 4 is 11.6 Å². The number of nitrogens with one attached hydrogen (secondary N) is 1. The van der Waals surface area contributed by atoms with Gasteiger partial charge in [0.2, 0.25) is 0 Å². The van der Waals surface area contributed by atoms with E-state index in [0.29, 0.717) is 23.8 Å². The highest BCUT2D eigenvalue weighted by Gasteiger charge is 2.06. The highest BCUT2D eigenvalue weighted by molar-refractivity contribution is 5.92. The highest BCUT2D eigenvalue weighted by Crippen LogP contribution is 2.19. The van der Waals surface area contributed by atoms with E-state index in [4.69, 9.17) is 9.47 Å². The molecule has 0 aromatic heterocycles. The van der Waals surface area contributed by atoms with Crippen LogP contribution in [0.3, 0.4) is 0 Å². The van der Waals surface area contributed by atoms with Gasteiger partial charge in [-0.2, -0.15) is 0 Å². The Kier molecular flexibility index (Phi) is 5.88. The fourth-order valence-electron chi connectivity index (χ4n) is 2.46. The molecule has 0 saturated heterocycles. The number of aryl methyl sites for hydroxylation is 1. The summed E-state index contributed by atoms with van der Waals surface area (Å²) < 4.78 is 11.3. The van der Waals surface area contributed by atoms with E-state index >= 15 is 0 Å². The van der Waals surface area contributed by atoms with Gasteiger partial charge in [-0.25, -0.2) is 0 Å². The first-order valence-electron chi connectivity index (χ1n) is 8.46. The summed E-state index contributed by atoms with van der Waals surface area (Å²) in [6.07, 6.45) is 0. The van der Waals surface area contributed by atoms with Crippen molar-refractivity contribution < 1.29 is 14.3 Å². The summed E-state index contributed by atoms with van der Waals surface area (Å²) in [5.41, 5.74) is 2.76. The zero-order chi connectivity index (χ0) is 18.2. The molecule has 3 aromatic carbocycles. The van der Waals surface area contributed by atoms with Gasteiger partial charge in [-0.3, -0.25) is 4.79 Å². The van der Waals surface area contributed by atoms with Gasteiger partial charge in [0.05, 0.1) is 0 Å². The quantitative estimate of drug-likeness (QED) is 0.680. The van der Waals surface area contributed by atoms with E-state index in [2.05, 4.69) is 5.32 Å². The maximum Gasteiger partial charge on any atom is 0.262 e. The van der Waals surface area contributed by atoms with Crippen LogP contribution in [0, 0.1) is 6.92 Å². The zero-order valence-corrected chi connectivity index (χ0v) is 14.6. The predicted octanol–water partition coefficient (Wildman–Crippen LogP) is 4.59. The molecule has 0 aliphatic carbocycles. The molecule has 132 valence electrons. The zero-order valence-electron chi connectivity index (χ0n) is 14.6. The van der Waals surface area contributed by atoms with Crippen molar-refractivity contribution in [3.63, 3.8) is 0 Å². The number of benzene rings is 3. The van der Waals surface area contributed by atoms with Crippen LogP contribution in [-0.2, 0) is 11.4 Å². The van der Waals surface area contributed by atoms with Crippen molar-refractivity contribution in [2.24, 2.45) is 0 Å². The molecule has 0 spiro atoms. The van der Waals surface area contributed by atoms with Crippen LogP contribution in [-0.4, -0.2) is 12.5 Å². The summed E-state index contributed by atoms with van der Waals surface area (Å²) in [5, 5.41) is 2.83. The third kappa shape index (κ3) is 5.11. The largest absolute Gasteiger partial charge is 0.489 e. The molecule has 0 fully saturated rings. The molecule has 0 atom stereocenters. The molecule has 26 heavy (non-hydrogen) atoms. The molecule has 0 unspecified atom stereocenters. The summed E-state index contributed by atoms with van der Waals surface area (Å²) in [5.74, 6) is 1.20. The second-order valence-electron chi connectivity index (χ2n) is 5.90. The second-order valence-corrected chi connectivity index (χ2v) is 5.90. The van der Waals surface area contributed by atoms with Crippen molar-refractivity contribution in [2.45, 2.75) is 13.5 Å². The topological polar surface area (TPSA) is 47.6 Å². The Labute approximate surface area is 153 Å². The van der Waals surface area contributed by atoms with Gasteiger partial charge in [-0.05, 0) is 36.2 Å². The summed E-state index contributed by atoms with van der Waals surface area (Å²) in [6, 6.07) is 24.9. The van der Waals surface area contributed by atoms with Gasteiger partial charge in [0.1, 0.15) is 18.1 Å². The molecule has 1 amide bonds. The number of hydrogen-bond acceptors (Lipinski definition) is 3. The molecule has 4 heteroatoms. The fourth-order valence-corrected chi connectivity index (χ4v) is 2.46.